The lowest BCUT2D eigenvalue weighted by atomic mass is 10.0. The smallest absolute Gasteiger partial charge is 0.164 e. The van der Waals surface area contributed by atoms with Crippen LogP contribution in [0.4, 0.5) is 0 Å². The van der Waals surface area contributed by atoms with Crippen molar-refractivity contribution in [3.8, 4) is 56.4 Å². The molecule has 0 N–H and O–H groups in total. The van der Waals surface area contributed by atoms with E-state index in [1.165, 1.54) is 11.1 Å². The van der Waals surface area contributed by atoms with Crippen molar-refractivity contribution in [1.82, 2.24) is 15.0 Å². The van der Waals surface area contributed by atoms with Crippen LogP contribution in [0.15, 0.2) is 133 Å². The van der Waals surface area contributed by atoms with Crippen LogP contribution in [0.2, 0.25) is 5.02 Å². The number of benzene rings is 5. The molecule has 0 bridgehead atoms. The number of hydrogen-bond acceptors (Lipinski definition) is 3. The van der Waals surface area contributed by atoms with Gasteiger partial charge in [-0.05, 0) is 34.4 Å². The Balaban J connectivity index is 1.42. The van der Waals surface area contributed by atoms with E-state index >= 15 is 0 Å². The van der Waals surface area contributed by atoms with Crippen molar-refractivity contribution in [2.24, 2.45) is 0 Å². The molecule has 3 nitrogen and oxygen atoms in total. The van der Waals surface area contributed by atoms with Gasteiger partial charge in [-0.1, -0.05) is 133 Å². The Kier molecular flexibility index (Phi) is 6.28. The molecule has 37 heavy (non-hydrogen) atoms. The van der Waals surface area contributed by atoms with E-state index in [4.69, 9.17) is 26.6 Å². The minimum absolute atomic E-state index is 0.585. The van der Waals surface area contributed by atoms with Gasteiger partial charge in [-0.2, -0.15) is 0 Å². The first-order valence-corrected chi connectivity index (χ1v) is 12.4. The molecule has 6 rings (SSSR count). The predicted octanol–water partition coefficient (Wildman–Crippen LogP) is 8.86. The molecule has 0 atom stereocenters. The summed E-state index contributed by atoms with van der Waals surface area (Å²) in [6, 6.07) is 44.9. The monoisotopic (exact) mass is 495 g/mol. The summed E-state index contributed by atoms with van der Waals surface area (Å²) in [6.07, 6.45) is 0. The predicted molar refractivity (Wildman–Crippen MR) is 152 cm³/mol. The Bertz CT molecular complexity index is 1550. The van der Waals surface area contributed by atoms with Crippen LogP contribution < -0.4 is 0 Å². The molecular weight excluding hydrogens is 474 g/mol. The van der Waals surface area contributed by atoms with Crippen LogP contribution in [0.3, 0.4) is 0 Å². The number of halogens is 1. The fourth-order valence-corrected chi connectivity index (χ4v) is 4.47. The summed E-state index contributed by atoms with van der Waals surface area (Å²) < 4.78 is 0. The van der Waals surface area contributed by atoms with Gasteiger partial charge in [0, 0.05) is 21.7 Å². The summed E-state index contributed by atoms with van der Waals surface area (Å²) in [5, 5.41) is 0.639. The molecule has 0 radical (unpaired) electrons. The first kappa shape index (κ1) is 22.8. The molecule has 4 heteroatoms. The normalized spacial score (nSPS) is 10.8. The van der Waals surface area contributed by atoms with Crippen molar-refractivity contribution < 1.29 is 0 Å². The minimum atomic E-state index is 0.585. The van der Waals surface area contributed by atoms with Crippen molar-refractivity contribution in [2.75, 3.05) is 0 Å². The van der Waals surface area contributed by atoms with Gasteiger partial charge in [0.25, 0.3) is 0 Å². The van der Waals surface area contributed by atoms with E-state index in [0.29, 0.717) is 22.5 Å². The Morgan fingerprint density at radius 3 is 1.11 bits per heavy atom. The second-order valence-electron chi connectivity index (χ2n) is 8.70. The molecule has 176 valence electrons. The molecule has 0 fully saturated rings. The van der Waals surface area contributed by atoms with Gasteiger partial charge in [-0.25, -0.2) is 15.0 Å². The maximum Gasteiger partial charge on any atom is 0.164 e. The van der Waals surface area contributed by atoms with Gasteiger partial charge in [0.1, 0.15) is 0 Å². The molecular formula is C33H22ClN3. The van der Waals surface area contributed by atoms with Crippen molar-refractivity contribution in [2.45, 2.75) is 0 Å². The van der Waals surface area contributed by atoms with Crippen molar-refractivity contribution in [3.63, 3.8) is 0 Å². The highest BCUT2D eigenvalue weighted by Gasteiger charge is 2.13. The first-order chi connectivity index (χ1) is 18.2. The Morgan fingerprint density at radius 2 is 0.676 bits per heavy atom. The van der Waals surface area contributed by atoms with Gasteiger partial charge in [-0.3, -0.25) is 0 Å². The van der Waals surface area contributed by atoms with E-state index in [0.717, 1.165) is 27.8 Å². The molecule has 1 heterocycles. The average molecular weight is 496 g/mol. The SMILES string of the molecule is Clc1cccc(-c2nc(-c3ccc(-c4ccccc4)cc3)nc(-c3ccc(-c4ccccc4)cc3)n2)c1. The number of hydrogen-bond donors (Lipinski definition) is 0. The summed E-state index contributed by atoms with van der Waals surface area (Å²) >= 11 is 6.29. The van der Waals surface area contributed by atoms with Crippen LogP contribution in [0.25, 0.3) is 56.4 Å². The van der Waals surface area contributed by atoms with Gasteiger partial charge in [0.2, 0.25) is 0 Å². The van der Waals surface area contributed by atoms with Crippen LogP contribution >= 0.6 is 11.6 Å². The van der Waals surface area contributed by atoms with Crippen molar-refractivity contribution in [1.29, 1.82) is 0 Å². The average Bonchev–Trinajstić information content (AvgIpc) is 2.98. The number of rotatable bonds is 5. The van der Waals surface area contributed by atoms with Crippen molar-refractivity contribution >= 4 is 11.6 Å². The Labute approximate surface area is 221 Å². The summed E-state index contributed by atoms with van der Waals surface area (Å²) in [4.78, 5) is 14.5. The fourth-order valence-electron chi connectivity index (χ4n) is 4.28. The quantitative estimate of drug-likeness (QED) is 0.240. The number of nitrogens with zero attached hydrogens (tertiary/aromatic N) is 3. The third-order valence-corrected chi connectivity index (χ3v) is 6.45. The lowest BCUT2D eigenvalue weighted by Crippen LogP contribution is -2.00. The van der Waals surface area contributed by atoms with Crippen LogP contribution in [0.1, 0.15) is 0 Å². The van der Waals surface area contributed by atoms with E-state index in [-0.39, 0.29) is 0 Å². The van der Waals surface area contributed by atoms with Gasteiger partial charge in [0.15, 0.2) is 17.5 Å². The standard InChI is InChI=1S/C33H22ClN3/c34-30-13-7-12-29(22-30)33-36-31(27-18-14-25(15-19-27)23-8-3-1-4-9-23)35-32(37-33)28-20-16-26(17-21-28)24-10-5-2-6-11-24/h1-22H. The first-order valence-electron chi connectivity index (χ1n) is 12.1. The summed E-state index contributed by atoms with van der Waals surface area (Å²) in [6.45, 7) is 0. The van der Waals surface area contributed by atoms with Crippen LogP contribution in [0, 0.1) is 0 Å². The second-order valence-corrected chi connectivity index (χ2v) is 9.14. The molecule has 0 amide bonds. The van der Waals surface area contributed by atoms with Crippen LogP contribution in [-0.4, -0.2) is 15.0 Å². The zero-order valence-corrected chi connectivity index (χ0v) is 20.7. The minimum Gasteiger partial charge on any atom is -0.208 e. The summed E-state index contributed by atoms with van der Waals surface area (Å²) in [5.74, 6) is 1.82. The molecule has 0 aliphatic rings. The highest BCUT2D eigenvalue weighted by Crippen LogP contribution is 2.29. The number of aromatic nitrogens is 3. The van der Waals surface area contributed by atoms with E-state index in [1.54, 1.807) is 0 Å². The van der Waals surface area contributed by atoms with Gasteiger partial charge in [0.05, 0.1) is 0 Å². The lowest BCUT2D eigenvalue weighted by molar-refractivity contribution is 1.07. The van der Waals surface area contributed by atoms with E-state index < -0.39 is 0 Å². The summed E-state index contributed by atoms with van der Waals surface area (Å²) in [7, 11) is 0. The maximum atomic E-state index is 6.29. The molecule has 0 aliphatic heterocycles. The third-order valence-electron chi connectivity index (χ3n) is 6.22. The molecule has 0 spiro atoms. The highest BCUT2D eigenvalue weighted by atomic mass is 35.5. The van der Waals surface area contributed by atoms with Gasteiger partial charge >= 0.3 is 0 Å². The molecule has 5 aromatic carbocycles. The molecule has 0 aliphatic carbocycles. The molecule has 6 aromatic rings. The fraction of sp³-hybridized carbons (Fsp3) is 0. The van der Waals surface area contributed by atoms with Crippen LogP contribution in [-0.2, 0) is 0 Å². The van der Waals surface area contributed by atoms with E-state index in [9.17, 15) is 0 Å². The molecule has 1 aromatic heterocycles. The maximum absolute atomic E-state index is 6.29. The Morgan fingerprint density at radius 1 is 0.324 bits per heavy atom. The van der Waals surface area contributed by atoms with E-state index in [1.807, 2.05) is 60.7 Å². The second kappa shape index (κ2) is 10.2. The van der Waals surface area contributed by atoms with Gasteiger partial charge in [-0.15, -0.1) is 0 Å². The van der Waals surface area contributed by atoms with Gasteiger partial charge < -0.3 is 0 Å². The Hall–Kier alpha value is -4.60. The van der Waals surface area contributed by atoms with Crippen molar-refractivity contribution in [3.05, 3.63) is 138 Å². The third kappa shape index (κ3) is 5.04. The molecule has 0 saturated carbocycles. The highest BCUT2D eigenvalue weighted by molar-refractivity contribution is 6.30. The zero-order valence-electron chi connectivity index (χ0n) is 19.9. The summed E-state index contributed by atoms with van der Waals surface area (Å²) in [5.41, 5.74) is 7.32. The largest absolute Gasteiger partial charge is 0.208 e. The molecule has 0 unspecified atom stereocenters. The zero-order chi connectivity index (χ0) is 25.0. The lowest BCUT2D eigenvalue weighted by Gasteiger charge is -2.10. The topological polar surface area (TPSA) is 38.7 Å². The van der Waals surface area contributed by atoms with Crippen LogP contribution in [0.5, 0.6) is 0 Å². The van der Waals surface area contributed by atoms with E-state index in [2.05, 4.69) is 72.8 Å². The molecule has 0 saturated heterocycles.